The van der Waals surface area contributed by atoms with Crippen molar-refractivity contribution in [3.8, 4) is 0 Å². The molecule has 2 N–H and O–H groups in total. The standard InChI is InChI=1S/C17H25N3O2/c1-3-5-6-7-11-22-16(21)12-20-14-10-8-9-13(18)17(14)19-15(20)4-2/h8-10H,3-7,11-12,18H2,1-2H3. The van der Waals surface area contributed by atoms with E-state index in [0.717, 1.165) is 36.1 Å². The molecule has 2 aromatic rings. The highest BCUT2D eigenvalue weighted by atomic mass is 16.5. The highest BCUT2D eigenvalue weighted by Gasteiger charge is 2.14. The lowest BCUT2D eigenvalue weighted by Gasteiger charge is -2.08. The zero-order valence-corrected chi connectivity index (χ0v) is 13.5. The van der Waals surface area contributed by atoms with Crippen molar-refractivity contribution >= 4 is 22.7 Å². The van der Waals surface area contributed by atoms with Gasteiger partial charge in [0.2, 0.25) is 0 Å². The zero-order valence-electron chi connectivity index (χ0n) is 13.5. The second kappa shape index (κ2) is 7.82. The lowest BCUT2D eigenvalue weighted by molar-refractivity contribution is -0.144. The molecule has 5 heteroatoms. The van der Waals surface area contributed by atoms with E-state index in [1.165, 1.54) is 12.8 Å². The summed E-state index contributed by atoms with van der Waals surface area (Å²) in [6.07, 6.45) is 5.14. The van der Waals surface area contributed by atoms with Crippen molar-refractivity contribution in [3.63, 3.8) is 0 Å². The van der Waals surface area contributed by atoms with Gasteiger partial charge in [0, 0.05) is 6.42 Å². The molecule has 0 fully saturated rings. The van der Waals surface area contributed by atoms with Crippen LogP contribution >= 0.6 is 0 Å². The van der Waals surface area contributed by atoms with Gasteiger partial charge in [-0.1, -0.05) is 39.2 Å². The van der Waals surface area contributed by atoms with Gasteiger partial charge in [0.1, 0.15) is 17.9 Å². The number of carbonyl (C=O) groups excluding carboxylic acids is 1. The Labute approximate surface area is 131 Å². The lowest BCUT2D eigenvalue weighted by Crippen LogP contribution is -2.16. The third kappa shape index (κ3) is 3.78. The van der Waals surface area contributed by atoms with Crippen LogP contribution in [0, 0.1) is 0 Å². The summed E-state index contributed by atoms with van der Waals surface area (Å²) in [7, 11) is 0. The number of nitrogens with two attached hydrogens (primary N) is 1. The number of benzene rings is 1. The summed E-state index contributed by atoms with van der Waals surface area (Å²) in [6.45, 7) is 4.87. The summed E-state index contributed by atoms with van der Waals surface area (Å²) in [5, 5.41) is 0. The fourth-order valence-electron chi connectivity index (χ4n) is 2.55. The molecule has 0 bridgehead atoms. The van der Waals surface area contributed by atoms with Crippen molar-refractivity contribution in [3.05, 3.63) is 24.0 Å². The largest absolute Gasteiger partial charge is 0.464 e. The fourth-order valence-corrected chi connectivity index (χ4v) is 2.55. The smallest absolute Gasteiger partial charge is 0.326 e. The first-order valence-electron chi connectivity index (χ1n) is 8.06. The van der Waals surface area contributed by atoms with Crippen LogP contribution in [0.1, 0.15) is 45.4 Å². The predicted octanol–water partition coefficient (Wildman–Crippen LogP) is 3.30. The normalized spacial score (nSPS) is 11.0. The molecule has 2 rings (SSSR count). The van der Waals surface area contributed by atoms with Crippen molar-refractivity contribution < 1.29 is 9.53 Å². The average molecular weight is 303 g/mol. The summed E-state index contributed by atoms with van der Waals surface area (Å²) >= 11 is 0. The predicted molar refractivity (Wildman–Crippen MR) is 88.6 cm³/mol. The second-order valence-corrected chi connectivity index (χ2v) is 5.46. The number of anilines is 1. The zero-order chi connectivity index (χ0) is 15.9. The van der Waals surface area contributed by atoms with Gasteiger partial charge >= 0.3 is 5.97 Å². The third-order valence-corrected chi connectivity index (χ3v) is 3.75. The molecule has 0 aliphatic heterocycles. The molecule has 0 atom stereocenters. The van der Waals surface area contributed by atoms with Crippen molar-refractivity contribution in [2.45, 2.75) is 52.5 Å². The lowest BCUT2D eigenvalue weighted by atomic mass is 10.2. The minimum Gasteiger partial charge on any atom is -0.464 e. The van der Waals surface area contributed by atoms with E-state index >= 15 is 0 Å². The van der Waals surface area contributed by atoms with Gasteiger partial charge in [-0.2, -0.15) is 0 Å². The molecule has 120 valence electrons. The van der Waals surface area contributed by atoms with Crippen molar-refractivity contribution in [2.75, 3.05) is 12.3 Å². The van der Waals surface area contributed by atoms with Gasteiger partial charge in [0.05, 0.1) is 17.8 Å². The maximum Gasteiger partial charge on any atom is 0.326 e. The molecule has 1 heterocycles. The molecule has 5 nitrogen and oxygen atoms in total. The van der Waals surface area contributed by atoms with E-state index in [4.69, 9.17) is 10.5 Å². The van der Waals surface area contributed by atoms with Crippen LogP contribution in [-0.4, -0.2) is 22.1 Å². The number of aryl methyl sites for hydroxylation is 1. The molecule has 1 aromatic heterocycles. The number of hydrogen-bond donors (Lipinski definition) is 1. The van der Waals surface area contributed by atoms with E-state index in [-0.39, 0.29) is 12.5 Å². The summed E-state index contributed by atoms with van der Waals surface area (Å²) in [6, 6.07) is 5.64. The van der Waals surface area contributed by atoms with E-state index in [0.29, 0.717) is 12.3 Å². The molecule has 0 unspecified atom stereocenters. The minimum absolute atomic E-state index is 0.191. The first-order valence-corrected chi connectivity index (χ1v) is 8.06. The van der Waals surface area contributed by atoms with Gasteiger partial charge < -0.3 is 15.0 Å². The number of imidazole rings is 1. The molecule has 0 radical (unpaired) electrons. The van der Waals surface area contributed by atoms with Crippen molar-refractivity contribution in [1.29, 1.82) is 0 Å². The highest BCUT2D eigenvalue weighted by molar-refractivity contribution is 5.88. The topological polar surface area (TPSA) is 70.1 Å². The molecule has 0 amide bonds. The third-order valence-electron chi connectivity index (χ3n) is 3.75. The molecular formula is C17H25N3O2. The number of esters is 1. The molecule has 0 saturated carbocycles. The summed E-state index contributed by atoms with van der Waals surface area (Å²) in [5.74, 6) is 0.642. The minimum atomic E-state index is -0.215. The van der Waals surface area contributed by atoms with E-state index in [9.17, 15) is 4.79 Å². The Hall–Kier alpha value is -2.04. The van der Waals surface area contributed by atoms with E-state index in [2.05, 4.69) is 11.9 Å². The van der Waals surface area contributed by atoms with Gasteiger partial charge in [-0.25, -0.2) is 4.98 Å². The summed E-state index contributed by atoms with van der Waals surface area (Å²) in [4.78, 5) is 16.6. The van der Waals surface area contributed by atoms with E-state index < -0.39 is 0 Å². The van der Waals surface area contributed by atoms with Gasteiger partial charge in [-0.05, 0) is 18.6 Å². The second-order valence-electron chi connectivity index (χ2n) is 5.46. The molecule has 0 spiro atoms. The van der Waals surface area contributed by atoms with E-state index in [1.807, 2.05) is 29.7 Å². The number of rotatable bonds is 8. The summed E-state index contributed by atoms with van der Waals surface area (Å²) in [5.41, 5.74) is 8.24. The summed E-state index contributed by atoms with van der Waals surface area (Å²) < 4.78 is 7.22. The van der Waals surface area contributed by atoms with Crippen molar-refractivity contribution in [1.82, 2.24) is 9.55 Å². The van der Waals surface area contributed by atoms with Crippen LogP contribution in [0.2, 0.25) is 0 Å². The highest BCUT2D eigenvalue weighted by Crippen LogP contribution is 2.22. The SMILES string of the molecule is CCCCCCOC(=O)Cn1c(CC)nc2c(N)cccc21. The number of fused-ring (bicyclic) bond motifs is 1. The fraction of sp³-hybridized carbons (Fsp3) is 0.529. The average Bonchev–Trinajstić information content (AvgIpc) is 2.86. The van der Waals surface area contributed by atoms with Gasteiger partial charge in [0.15, 0.2) is 0 Å². The number of nitrogens with zero attached hydrogens (tertiary/aromatic N) is 2. The molecule has 1 aromatic carbocycles. The van der Waals surface area contributed by atoms with Crippen molar-refractivity contribution in [2.24, 2.45) is 0 Å². The number of hydrogen-bond acceptors (Lipinski definition) is 4. The van der Waals surface area contributed by atoms with Gasteiger partial charge in [0.25, 0.3) is 0 Å². The quantitative estimate of drug-likeness (QED) is 0.461. The first-order chi connectivity index (χ1) is 10.7. The monoisotopic (exact) mass is 303 g/mol. The number of ether oxygens (including phenoxy) is 1. The van der Waals surface area contributed by atoms with Crippen LogP contribution < -0.4 is 5.73 Å². The van der Waals surface area contributed by atoms with Crippen LogP contribution in [0.25, 0.3) is 11.0 Å². The Morgan fingerprint density at radius 1 is 1.27 bits per heavy atom. The Morgan fingerprint density at radius 3 is 2.82 bits per heavy atom. The Balaban J connectivity index is 2.04. The Morgan fingerprint density at radius 2 is 2.09 bits per heavy atom. The van der Waals surface area contributed by atoms with Gasteiger partial charge in [-0.3, -0.25) is 4.79 Å². The molecule has 22 heavy (non-hydrogen) atoms. The molecule has 0 saturated heterocycles. The number of aromatic nitrogens is 2. The Kier molecular flexibility index (Phi) is 5.81. The van der Waals surface area contributed by atoms with E-state index in [1.54, 1.807) is 0 Å². The molecular weight excluding hydrogens is 278 g/mol. The maximum absolute atomic E-state index is 12.0. The molecule has 0 aliphatic rings. The molecule has 0 aliphatic carbocycles. The van der Waals surface area contributed by atoms with Crippen LogP contribution in [-0.2, 0) is 22.5 Å². The maximum atomic E-state index is 12.0. The number of carbonyl (C=O) groups is 1. The van der Waals surface area contributed by atoms with Crippen LogP contribution in [0.5, 0.6) is 0 Å². The number of para-hydroxylation sites is 1. The van der Waals surface area contributed by atoms with Crippen LogP contribution in [0.4, 0.5) is 5.69 Å². The van der Waals surface area contributed by atoms with Crippen LogP contribution in [0.3, 0.4) is 0 Å². The van der Waals surface area contributed by atoms with Crippen LogP contribution in [0.15, 0.2) is 18.2 Å². The number of unbranched alkanes of at least 4 members (excludes halogenated alkanes) is 3. The van der Waals surface area contributed by atoms with Gasteiger partial charge in [-0.15, -0.1) is 0 Å². The first kappa shape index (κ1) is 16.3. The Bertz CT molecular complexity index is 634. The number of nitrogen functional groups attached to an aromatic ring is 1.